The first kappa shape index (κ1) is 20.4. The third kappa shape index (κ3) is 5.81. The molecule has 2 aromatic carbocycles. The van der Waals surface area contributed by atoms with Crippen LogP contribution < -0.4 is 5.32 Å². The molecule has 1 fully saturated rings. The smallest absolute Gasteiger partial charge is 0.321 e. The number of ether oxygens (including phenoxy) is 1. The lowest BCUT2D eigenvalue weighted by molar-refractivity contribution is 0.0820. The molecule has 150 valence electrons. The number of carbonyl (C=O) groups is 1. The minimum atomic E-state index is -0.0688. The number of nitrogens with one attached hydrogen (secondary N) is 1. The molecule has 28 heavy (non-hydrogen) atoms. The molecule has 2 amide bonds. The first-order chi connectivity index (χ1) is 13.5. The summed E-state index contributed by atoms with van der Waals surface area (Å²) in [6.07, 6.45) is 2.25. The molecule has 0 unspecified atom stereocenters. The summed E-state index contributed by atoms with van der Waals surface area (Å²) in [7, 11) is 4.04. The Balaban J connectivity index is 1.64. The number of anilines is 1. The van der Waals surface area contributed by atoms with Gasteiger partial charge in [-0.25, -0.2) is 4.79 Å². The largest absolute Gasteiger partial charge is 0.376 e. The van der Waals surface area contributed by atoms with E-state index in [2.05, 4.69) is 53.5 Å². The lowest BCUT2D eigenvalue weighted by Crippen LogP contribution is -2.43. The molecule has 1 heterocycles. The molecule has 0 radical (unpaired) electrons. The fourth-order valence-corrected chi connectivity index (χ4v) is 3.40. The number of carbonyl (C=O) groups excluding carboxylic acids is 1. The predicted molar refractivity (Wildman–Crippen MR) is 115 cm³/mol. The van der Waals surface area contributed by atoms with Crippen LogP contribution in [0.5, 0.6) is 0 Å². The Morgan fingerprint density at radius 3 is 2.54 bits per heavy atom. The molecule has 1 saturated heterocycles. The second-order valence-corrected chi connectivity index (χ2v) is 7.76. The second-order valence-electron chi connectivity index (χ2n) is 7.76. The average molecular weight is 382 g/mol. The monoisotopic (exact) mass is 381 g/mol. The molecule has 1 aliphatic rings. The summed E-state index contributed by atoms with van der Waals surface area (Å²) in [5.41, 5.74) is 4.37. The standard InChI is InChI=1S/C23H31N3O2/c1-18-6-4-7-20(16-18)19-9-11-21(12-10-19)24-23(27)26(14-13-25(2)3)17-22-8-5-15-28-22/h4,6-7,9-12,16,22H,5,8,13-15,17H2,1-3H3,(H,24,27)/t22-/m0/s1. The molecule has 5 nitrogen and oxygen atoms in total. The molecule has 0 spiro atoms. The van der Waals surface area contributed by atoms with E-state index in [4.69, 9.17) is 4.74 Å². The van der Waals surface area contributed by atoms with Gasteiger partial charge in [0.1, 0.15) is 0 Å². The number of nitrogens with zero attached hydrogens (tertiary/aromatic N) is 2. The molecular weight excluding hydrogens is 350 g/mol. The second kappa shape index (κ2) is 9.71. The van der Waals surface area contributed by atoms with E-state index in [9.17, 15) is 4.79 Å². The molecule has 1 N–H and O–H groups in total. The maximum absolute atomic E-state index is 12.9. The SMILES string of the molecule is Cc1cccc(-c2ccc(NC(=O)N(CCN(C)C)C[C@@H]3CCCO3)cc2)c1. The number of amides is 2. The van der Waals surface area contributed by atoms with E-state index in [0.717, 1.165) is 37.2 Å². The Morgan fingerprint density at radius 1 is 1.11 bits per heavy atom. The van der Waals surface area contributed by atoms with Gasteiger partial charge in [0, 0.05) is 31.9 Å². The summed E-state index contributed by atoms with van der Waals surface area (Å²) in [5, 5.41) is 3.04. The van der Waals surface area contributed by atoms with Crippen LogP contribution in [0.25, 0.3) is 11.1 Å². The highest BCUT2D eigenvalue weighted by Gasteiger charge is 2.22. The van der Waals surface area contributed by atoms with Gasteiger partial charge in [0.25, 0.3) is 0 Å². The number of rotatable bonds is 7. The van der Waals surface area contributed by atoms with Crippen LogP contribution in [0.15, 0.2) is 48.5 Å². The molecule has 1 aliphatic heterocycles. The summed E-state index contributed by atoms with van der Waals surface area (Å²) in [4.78, 5) is 16.8. The minimum Gasteiger partial charge on any atom is -0.376 e. The van der Waals surface area contributed by atoms with Gasteiger partial charge in [-0.2, -0.15) is 0 Å². The van der Waals surface area contributed by atoms with E-state index in [0.29, 0.717) is 13.1 Å². The maximum Gasteiger partial charge on any atom is 0.321 e. The highest BCUT2D eigenvalue weighted by molar-refractivity contribution is 5.89. The van der Waals surface area contributed by atoms with Gasteiger partial charge in [-0.15, -0.1) is 0 Å². The van der Waals surface area contributed by atoms with Crippen molar-refractivity contribution >= 4 is 11.7 Å². The van der Waals surface area contributed by atoms with E-state index < -0.39 is 0 Å². The van der Waals surface area contributed by atoms with E-state index in [1.54, 1.807) is 0 Å². The molecule has 0 aromatic heterocycles. The van der Waals surface area contributed by atoms with Crippen molar-refractivity contribution in [3.8, 4) is 11.1 Å². The van der Waals surface area contributed by atoms with Crippen molar-refractivity contribution in [2.24, 2.45) is 0 Å². The zero-order valence-electron chi connectivity index (χ0n) is 17.1. The Hall–Kier alpha value is -2.37. The number of benzene rings is 2. The van der Waals surface area contributed by atoms with Crippen LogP contribution in [0.1, 0.15) is 18.4 Å². The fraction of sp³-hybridized carbons (Fsp3) is 0.435. The van der Waals surface area contributed by atoms with Crippen molar-refractivity contribution in [1.29, 1.82) is 0 Å². The average Bonchev–Trinajstić information content (AvgIpc) is 3.18. The van der Waals surface area contributed by atoms with Gasteiger partial charge < -0.3 is 19.9 Å². The van der Waals surface area contributed by atoms with Crippen LogP contribution in [0.3, 0.4) is 0 Å². The van der Waals surface area contributed by atoms with Gasteiger partial charge >= 0.3 is 6.03 Å². The lowest BCUT2D eigenvalue weighted by atomic mass is 10.0. The van der Waals surface area contributed by atoms with Crippen LogP contribution >= 0.6 is 0 Å². The zero-order chi connectivity index (χ0) is 19.9. The fourth-order valence-electron chi connectivity index (χ4n) is 3.40. The first-order valence-electron chi connectivity index (χ1n) is 10.0. The van der Waals surface area contributed by atoms with Crippen LogP contribution in [0, 0.1) is 6.92 Å². The van der Waals surface area contributed by atoms with Gasteiger partial charge in [0.2, 0.25) is 0 Å². The minimum absolute atomic E-state index is 0.0688. The summed E-state index contributed by atoms with van der Waals surface area (Å²) in [6, 6.07) is 16.4. The number of aryl methyl sites for hydroxylation is 1. The normalized spacial score (nSPS) is 16.4. The third-order valence-electron chi connectivity index (χ3n) is 5.04. The van der Waals surface area contributed by atoms with Crippen molar-refractivity contribution < 1.29 is 9.53 Å². The Bertz CT molecular complexity index is 768. The molecule has 1 atom stereocenters. The molecule has 0 bridgehead atoms. The maximum atomic E-state index is 12.9. The third-order valence-corrected chi connectivity index (χ3v) is 5.04. The number of urea groups is 1. The van der Waals surface area contributed by atoms with Crippen molar-refractivity contribution in [2.45, 2.75) is 25.9 Å². The Kier molecular flexibility index (Phi) is 7.06. The van der Waals surface area contributed by atoms with Crippen LogP contribution in [-0.2, 0) is 4.74 Å². The number of hydrogen-bond donors (Lipinski definition) is 1. The summed E-state index contributed by atoms with van der Waals surface area (Å²) in [6.45, 7) is 5.04. The van der Waals surface area contributed by atoms with E-state index in [1.165, 1.54) is 11.1 Å². The lowest BCUT2D eigenvalue weighted by Gasteiger charge is -2.27. The zero-order valence-corrected chi connectivity index (χ0v) is 17.1. The quantitative estimate of drug-likeness (QED) is 0.780. The number of likely N-dealkylation sites (N-methyl/N-ethyl adjacent to an activating group) is 1. The Morgan fingerprint density at radius 2 is 1.89 bits per heavy atom. The molecule has 3 rings (SSSR count). The topological polar surface area (TPSA) is 44.8 Å². The molecule has 0 saturated carbocycles. The van der Waals surface area contributed by atoms with Gasteiger partial charge in [-0.3, -0.25) is 0 Å². The summed E-state index contributed by atoms with van der Waals surface area (Å²) < 4.78 is 5.73. The van der Waals surface area contributed by atoms with E-state index >= 15 is 0 Å². The Labute approximate surface area is 168 Å². The predicted octanol–water partition coefficient (Wildman–Crippen LogP) is 4.24. The van der Waals surface area contributed by atoms with Crippen LogP contribution in [-0.4, -0.2) is 62.3 Å². The van der Waals surface area contributed by atoms with Gasteiger partial charge in [0.05, 0.1) is 6.10 Å². The highest BCUT2D eigenvalue weighted by atomic mass is 16.5. The molecule has 5 heteroatoms. The molecule has 2 aromatic rings. The molecule has 0 aliphatic carbocycles. The van der Waals surface area contributed by atoms with Crippen molar-refractivity contribution in [2.75, 3.05) is 45.7 Å². The van der Waals surface area contributed by atoms with Crippen LogP contribution in [0.4, 0.5) is 10.5 Å². The van der Waals surface area contributed by atoms with Crippen molar-refractivity contribution in [1.82, 2.24) is 9.80 Å². The first-order valence-corrected chi connectivity index (χ1v) is 10.0. The van der Waals surface area contributed by atoms with Crippen molar-refractivity contribution in [3.05, 3.63) is 54.1 Å². The van der Waals surface area contributed by atoms with Gasteiger partial charge in [-0.05, 0) is 57.1 Å². The number of hydrogen-bond acceptors (Lipinski definition) is 3. The van der Waals surface area contributed by atoms with E-state index in [1.807, 2.05) is 31.1 Å². The van der Waals surface area contributed by atoms with Crippen molar-refractivity contribution in [3.63, 3.8) is 0 Å². The van der Waals surface area contributed by atoms with E-state index in [-0.39, 0.29) is 12.1 Å². The molecular formula is C23H31N3O2. The van der Waals surface area contributed by atoms with Gasteiger partial charge in [0.15, 0.2) is 0 Å². The van der Waals surface area contributed by atoms with Crippen LogP contribution in [0.2, 0.25) is 0 Å². The van der Waals surface area contributed by atoms with Gasteiger partial charge in [-0.1, -0.05) is 42.0 Å². The highest BCUT2D eigenvalue weighted by Crippen LogP contribution is 2.22. The summed E-state index contributed by atoms with van der Waals surface area (Å²) >= 11 is 0. The summed E-state index contributed by atoms with van der Waals surface area (Å²) in [5.74, 6) is 0.